The molecule has 2 saturated heterocycles. The molecule has 2 aliphatic heterocycles. The average molecular weight is 367 g/mol. The van der Waals surface area contributed by atoms with Crippen molar-refractivity contribution in [3.8, 4) is 0 Å². The van der Waals surface area contributed by atoms with Crippen LogP contribution in [0.2, 0.25) is 0 Å². The fourth-order valence-corrected chi connectivity index (χ4v) is 3.72. The molecule has 4 heterocycles. The zero-order valence-corrected chi connectivity index (χ0v) is 15.4. The summed E-state index contributed by atoms with van der Waals surface area (Å²) in [6.45, 7) is 5.44. The Morgan fingerprint density at radius 2 is 1.96 bits per heavy atom. The lowest BCUT2D eigenvalue weighted by molar-refractivity contribution is 0.0334. The number of pyridine rings is 2. The first-order chi connectivity index (χ1) is 13.3. The minimum Gasteiger partial charge on any atom is -0.379 e. The van der Waals surface area contributed by atoms with E-state index in [1.807, 2.05) is 24.5 Å². The zero-order valence-electron chi connectivity index (χ0n) is 15.4. The van der Waals surface area contributed by atoms with Gasteiger partial charge in [0.2, 0.25) is 0 Å². The largest absolute Gasteiger partial charge is 0.379 e. The summed E-state index contributed by atoms with van der Waals surface area (Å²) in [5.41, 5.74) is 1.93. The van der Waals surface area contributed by atoms with Crippen molar-refractivity contribution < 1.29 is 9.53 Å². The van der Waals surface area contributed by atoms with Crippen LogP contribution in [0.25, 0.3) is 0 Å². The minimum absolute atomic E-state index is 0.0723. The van der Waals surface area contributed by atoms with Crippen LogP contribution in [0.5, 0.6) is 0 Å². The molecular weight excluding hydrogens is 342 g/mol. The zero-order chi connectivity index (χ0) is 18.5. The van der Waals surface area contributed by atoms with Crippen LogP contribution in [0.3, 0.4) is 0 Å². The van der Waals surface area contributed by atoms with Gasteiger partial charge in [-0.2, -0.15) is 0 Å². The molecule has 0 aliphatic carbocycles. The molecule has 0 spiro atoms. The van der Waals surface area contributed by atoms with Crippen LogP contribution < -0.4 is 10.2 Å². The Morgan fingerprint density at radius 3 is 2.78 bits per heavy atom. The highest BCUT2D eigenvalue weighted by molar-refractivity contribution is 5.98. The number of nitrogens with one attached hydrogen (secondary N) is 1. The van der Waals surface area contributed by atoms with E-state index in [2.05, 4.69) is 37.2 Å². The Balaban J connectivity index is 1.42. The van der Waals surface area contributed by atoms with Crippen molar-refractivity contribution in [1.29, 1.82) is 0 Å². The molecule has 7 heteroatoms. The maximum atomic E-state index is 12.8. The fraction of sp³-hybridized carbons (Fsp3) is 0.450. The van der Waals surface area contributed by atoms with Crippen molar-refractivity contribution in [1.82, 2.24) is 20.2 Å². The Kier molecular flexibility index (Phi) is 5.60. The number of aromatic nitrogens is 2. The second kappa shape index (κ2) is 8.45. The maximum absolute atomic E-state index is 12.8. The van der Waals surface area contributed by atoms with Gasteiger partial charge in [0.1, 0.15) is 5.82 Å². The normalized spacial score (nSPS) is 20.6. The number of rotatable bonds is 5. The SMILES string of the molecule is O=C(NCN1CCOCC1)c1cccnc1N1CCC(c2ccncc2)C1. The predicted octanol–water partition coefficient (Wildman–Crippen LogP) is 1.49. The molecule has 0 bridgehead atoms. The molecule has 2 aliphatic rings. The van der Waals surface area contributed by atoms with Gasteiger partial charge in [-0.25, -0.2) is 4.98 Å². The quantitative estimate of drug-likeness (QED) is 0.863. The fourth-order valence-electron chi connectivity index (χ4n) is 3.72. The van der Waals surface area contributed by atoms with Crippen LogP contribution in [-0.4, -0.2) is 66.8 Å². The number of carbonyl (C=O) groups excluding carboxylic acids is 1. The van der Waals surface area contributed by atoms with Gasteiger partial charge in [-0.05, 0) is 36.2 Å². The van der Waals surface area contributed by atoms with Gasteiger partial charge in [0.05, 0.1) is 25.4 Å². The van der Waals surface area contributed by atoms with E-state index in [1.165, 1.54) is 5.56 Å². The van der Waals surface area contributed by atoms with Crippen LogP contribution in [0, 0.1) is 0 Å². The summed E-state index contributed by atoms with van der Waals surface area (Å²) in [5, 5.41) is 3.03. The van der Waals surface area contributed by atoms with E-state index >= 15 is 0 Å². The number of carbonyl (C=O) groups is 1. The van der Waals surface area contributed by atoms with Crippen molar-refractivity contribution in [2.45, 2.75) is 12.3 Å². The summed E-state index contributed by atoms with van der Waals surface area (Å²) in [4.78, 5) is 25.8. The number of hydrogen-bond acceptors (Lipinski definition) is 6. The standard InChI is InChI=1S/C20H25N5O2/c26-20(23-15-24-10-12-27-13-11-24)18-2-1-6-22-19(18)25-9-5-17(14-25)16-3-7-21-8-4-16/h1-4,6-8,17H,5,9-15H2,(H,23,26). The van der Waals surface area contributed by atoms with E-state index in [-0.39, 0.29) is 5.91 Å². The Morgan fingerprint density at radius 1 is 1.15 bits per heavy atom. The van der Waals surface area contributed by atoms with Gasteiger partial charge in [-0.15, -0.1) is 0 Å². The molecular formula is C20H25N5O2. The summed E-state index contributed by atoms with van der Waals surface area (Å²) in [6, 6.07) is 7.82. The number of morpholine rings is 1. The predicted molar refractivity (Wildman–Crippen MR) is 103 cm³/mol. The molecule has 0 aromatic carbocycles. The second-order valence-corrected chi connectivity index (χ2v) is 6.98. The number of anilines is 1. The van der Waals surface area contributed by atoms with Crippen molar-refractivity contribution in [2.24, 2.45) is 0 Å². The molecule has 1 unspecified atom stereocenters. The Bertz CT molecular complexity index is 764. The first-order valence-electron chi connectivity index (χ1n) is 9.49. The highest BCUT2D eigenvalue weighted by atomic mass is 16.5. The van der Waals surface area contributed by atoms with Gasteiger partial charge < -0.3 is 15.0 Å². The number of ether oxygens (including phenoxy) is 1. The van der Waals surface area contributed by atoms with Gasteiger partial charge in [0.25, 0.3) is 5.91 Å². The maximum Gasteiger partial charge on any atom is 0.256 e. The second-order valence-electron chi connectivity index (χ2n) is 6.98. The van der Waals surface area contributed by atoms with Crippen LogP contribution in [0.4, 0.5) is 5.82 Å². The number of nitrogens with zero attached hydrogens (tertiary/aromatic N) is 4. The van der Waals surface area contributed by atoms with Crippen LogP contribution >= 0.6 is 0 Å². The van der Waals surface area contributed by atoms with Gasteiger partial charge in [0.15, 0.2) is 0 Å². The first kappa shape index (κ1) is 17.9. The molecule has 2 aromatic rings. The summed E-state index contributed by atoms with van der Waals surface area (Å²) in [5.74, 6) is 1.14. The molecule has 2 fully saturated rings. The topological polar surface area (TPSA) is 70.6 Å². The Labute approximate surface area is 159 Å². The summed E-state index contributed by atoms with van der Waals surface area (Å²) in [6.07, 6.45) is 6.48. The van der Waals surface area contributed by atoms with E-state index < -0.39 is 0 Å². The Hall–Kier alpha value is -2.51. The summed E-state index contributed by atoms with van der Waals surface area (Å²) in [7, 11) is 0. The third kappa shape index (κ3) is 4.26. The smallest absolute Gasteiger partial charge is 0.256 e. The molecule has 1 N–H and O–H groups in total. The van der Waals surface area contributed by atoms with Gasteiger partial charge in [0, 0.05) is 50.7 Å². The lowest BCUT2D eigenvalue weighted by Crippen LogP contribution is -2.44. The molecule has 1 amide bonds. The first-order valence-corrected chi connectivity index (χ1v) is 9.49. The van der Waals surface area contributed by atoms with Crippen LogP contribution in [-0.2, 0) is 4.74 Å². The lowest BCUT2D eigenvalue weighted by atomic mass is 10.00. The molecule has 2 aromatic heterocycles. The van der Waals surface area contributed by atoms with E-state index in [0.29, 0.717) is 18.2 Å². The highest BCUT2D eigenvalue weighted by Crippen LogP contribution is 2.31. The van der Waals surface area contributed by atoms with Crippen molar-refractivity contribution in [3.63, 3.8) is 0 Å². The van der Waals surface area contributed by atoms with Gasteiger partial charge in [-0.3, -0.25) is 14.7 Å². The summed E-state index contributed by atoms with van der Waals surface area (Å²) >= 11 is 0. The molecule has 7 nitrogen and oxygen atoms in total. The number of hydrogen-bond donors (Lipinski definition) is 1. The van der Waals surface area contributed by atoms with E-state index in [1.54, 1.807) is 6.20 Å². The minimum atomic E-state index is -0.0723. The molecule has 0 radical (unpaired) electrons. The summed E-state index contributed by atoms with van der Waals surface area (Å²) < 4.78 is 5.35. The molecule has 0 saturated carbocycles. The lowest BCUT2D eigenvalue weighted by Gasteiger charge is -2.27. The van der Waals surface area contributed by atoms with Gasteiger partial charge in [-0.1, -0.05) is 0 Å². The molecule has 1 atom stereocenters. The monoisotopic (exact) mass is 367 g/mol. The van der Waals surface area contributed by atoms with E-state index in [4.69, 9.17) is 4.74 Å². The van der Waals surface area contributed by atoms with E-state index in [0.717, 1.165) is 51.6 Å². The third-order valence-corrected chi connectivity index (χ3v) is 5.26. The van der Waals surface area contributed by atoms with Crippen LogP contribution in [0.1, 0.15) is 28.3 Å². The highest BCUT2D eigenvalue weighted by Gasteiger charge is 2.27. The average Bonchev–Trinajstić information content (AvgIpc) is 3.23. The third-order valence-electron chi connectivity index (χ3n) is 5.26. The molecule has 27 heavy (non-hydrogen) atoms. The van der Waals surface area contributed by atoms with Crippen molar-refractivity contribution in [2.75, 3.05) is 51.0 Å². The van der Waals surface area contributed by atoms with Crippen molar-refractivity contribution in [3.05, 3.63) is 54.0 Å². The molecule has 4 rings (SSSR count). The molecule has 142 valence electrons. The van der Waals surface area contributed by atoms with Crippen molar-refractivity contribution >= 4 is 11.7 Å². The number of amides is 1. The van der Waals surface area contributed by atoms with Crippen LogP contribution in [0.15, 0.2) is 42.9 Å². The van der Waals surface area contributed by atoms with Gasteiger partial charge >= 0.3 is 0 Å². The van der Waals surface area contributed by atoms with E-state index in [9.17, 15) is 4.79 Å².